The highest BCUT2D eigenvalue weighted by Crippen LogP contribution is 2.16. The van der Waals surface area contributed by atoms with Crippen molar-refractivity contribution in [2.75, 3.05) is 13.1 Å². The number of hydrogen-bond acceptors (Lipinski definition) is 4. The van der Waals surface area contributed by atoms with E-state index in [0.29, 0.717) is 13.1 Å². The number of nitrogens with zero attached hydrogens (tertiary/aromatic N) is 1. The van der Waals surface area contributed by atoms with E-state index >= 15 is 0 Å². The Balaban J connectivity index is 0.00000232. The third kappa shape index (κ3) is 9.43. The van der Waals surface area contributed by atoms with Crippen LogP contribution in [0.25, 0.3) is 0 Å². The van der Waals surface area contributed by atoms with E-state index in [0.717, 1.165) is 19.3 Å². The van der Waals surface area contributed by atoms with Gasteiger partial charge in [0.05, 0.1) is 6.42 Å². The van der Waals surface area contributed by atoms with Crippen LogP contribution in [0.2, 0.25) is 0 Å². The number of ether oxygens (including phenoxy) is 1. The highest BCUT2D eigenvalue weighted by molar-refractivity contribution is 5.68. The molecule has 2 N–H and O–H groups in total. The minimum absolute atomic E-state index is 0.000534. The number of rotatable bonds is 5. The van der Waals surface area contributed by atoms with Crippen LogP contribution in [0.15, 0.2) is 0 Å². The molecule has 1 saturated heterocycles. The second-order valence-electron chi connectivity index (χ2n) is 6.61. The fraction of sp³-hybridized carbons (Fsp3) is 0.882. The fourth-order valence-corrected chi connectivity index (χ4v) is 2.42. The smallest absolute Gasteiger partial charge is 0.410 e. The molecule has 6 nitrogen and oxygen atoms in total. The van der Waals surface area contributed by atoms with Crippen LogP contribution in [0.1, 0.15) is 67.2 Å². The number of carboxylic acids is 1. The molecule has 1 fully saturated rings. The quantitative estimate of drug-likeness (QED) is 0.809. The van der Waals surface area contributed by atoms with Crippen LogP contribution >= 0.6 is 0 Å². The number of hydrogen-bond donors (Lipinski definition) is 2. The summed E-state index contributed by atoms with van der Waals surface area (Å²) in [6.45, 7) is 12.9. The lowest BCUT2D eigenvalue weighted by Crippen LogP contribution is -2.49. The Bertz CT molecular complexity index is 358. The van der Waals surface area contributed by atoms with Crippen molar-refractivity contribution >= 4 is 12.1 Å². The molecular weight excluding hydrogens is 296 g/mol. The molecular formula is C17H34N2O4. The van der Waals surface area contributed by atoms with Crippen LogP contribution in [-0.2, 0) is 9.53 Å². The number of amides is 1. The van der Waals surface area contributed by atoms with E-state index in [9.17, 15) is 9.59 Å². The van der Waals surface area contributed by atoms with Crippen molar-refractivity contribution in [3.63, 3.8) is 0 Å². The molecule has 0 aromatic rings. The zero-order chi connectivity index (χ0) is 18.0. The summed E-state index contributed by atoms with van der Waals surface area (Å²) in [5.74, 6) is -0.777. The molecule has 0 radical (unpaired) electrons. The van der Waals surface area contributed by atoms with E-state index in [1.54, 1.807) is 4.90 Å². The predicted molar refractivity (Wildman–Crippen MR) is 91.6 cm³/mol. The number of piperidine rings is 1. The Morgan fingerprint density at radius 2 is 1.78 bits per heavy atom. The maximum Gasteiger partial charge on any atom is 0.410 e. The van der Waals surface area contributed by atoms with Gasteiger partial charge < -0.3 is 20.1 Å². The number of aliphatic carboxylic acids is 1. The molecule has 0 spiro atoms. The van der Waals surface area contributed by atoms with Crippen LogP contribution < -0.4 is 5.32 Å². The average Bonchev–Trinajstić information content (AvgIpc) is 2.47. The van der Waals surface area contributed by atoms with Crippen LogP contribution in [0.3, 0.4) is 0 Å². The van der Waals surface area contributed by atoms with Crippen molar-refractivity contribution in [3.05, 3.63) is 0 Å². The SMILES string of the molecule is CC.CCC(CC(=O)O)NC1CCN(C(=O)OC(C)(C)C)CC1. The molecule has 23 heavy (non-hydrogen) atoms. The van der Waals surface area contributed by atoms with E-state index in [4.69, 9.17) is 9.84 Å². The maximum absolute atomic E-state index is 11.9. The van der Waals surface area contributed by atoms with Crippen molar-refractivity contribution in [2.24, 2.45) is 0 Å². The van der Waals surface area contributed by atoms with Crippen molar-refractivity contribution in [1.82, 2.24) is 10.2 Å². The second kappa shape index (κ2) is 10.5. The van der Waals surface area contributed by atoms with Crippen molar-refractivity contribution in [3.8, 4) is 0 Å². The van der Waals surface area contributed by atoms with Gasteiger partial charge in [-0.2, -0.15) is 0 Å². The summed E-state index contributed by atoms with van der Waals surface area (Å²) in [6, 6.07) is 0.272. The Morgan fingerprint density at radius 3 is 2.17 bits per heavy atom. The number of carboxylic acid groups (broad SMARTS) is 1. The summed E-state index contributed by atoms with van der Waals surface area (Å²) in [5, 5.41) is 12.2. The fourth-order valence-electron chi connectivity index (χ4n) is 2.42. The van der Waals surface area contributed by atoms with Gasteiger partial charge in [-0.15, -0.1) is 0 Å². The summed E-state index contributed by atoms with van der Waals surface area (Å²) in [5.41, 5.74) is -0.471. The van der Waals surface area contributed by atoms with Gasteiger partial charge in [-0.3, -0.25) is 4.79 Å². The van der Waals surface area contributed by atoms with Gasteiger partial charge in [0.1, 0.15) is 5.60 Å². The van der Waals surface area contributed by atoms with Crippen molar-refractivity contribution in [2.45, 2.75) is 84.9 Å². The van der Waals surface area contributed by atoms with Gasteiger partial charge in [0.25, 0.3) is 0 Å². The predicted octanol–water partition coefficient (Wildman–Crippen LogP) is 3.26. The van der Waals surface area contributed by atoms with Gasteiger partial charge in [0, 0.05) is 25.2 Å². The van der Waals surface area contributed by atoms with Crippen LogP contribution in [0.4, 0.5) is 4.79 Å². The molecule has 6 heteroatoms. The Kier molecular flexibility index (Phi) is 9.88. The topological polar surface area (TPSA) is 78.9 Å². The monoisotopic (exact) mass is 330 g/mol. The van der Waals surface area contributed by atoms with Crippen molar-refractivity contribution < 1.29 is 19.4 Å². The maximum atomic E-state index is 11.9. The van der Waals surface area contributed by atoms with Gasteiger partial charge in [0.15, 0.2) is 0 Å². The summed E-state index contributed by atoms with van der Waals surface area (Å²) < 4.78 is 5.36. The highest BCUT2D eigenvalue weighted by Gasteiger charge is 2.27. The number of nitrogens with one attached hydrogen (secondary N) is 1. The molecule has 1 heterocycles. The average molecular weight is 330 g/mol. The first-order valence-electron chi connectivity index (χ1n) is 8.67. The largest absolute Gasteiger partial charge is 0.481 e. The first-order chi connectivity index (χ1) is 10.7. The van der Waals surface area contributed by atoms with Gasteiger partial charge in [0.2, 0.25) is 0 Å². The molecule has 0 aromatic carbocycles. The molecule has 0 aromatic heterocycles. The normalized spacial score (nSPS) is 17.0. The minimum Gasteiger partial charge on any atom is -0.481 e. The molecule has 1 unspecified atom stereocenters. The number of carbonyl (C=O) groups is 2. The van der Waals surface area contributed by atoms with E-state index in [-0.39, 0.29) is 24.6 Å². The Morgan fingerprint density at radius 1 is 1.26 bits per heavy atom. The lowest BCUT2D eigenvalue weighted by atomic mass is 10.0. The standard InChI is InChI=1S/C15H28N2O4.C2H6/c1-5-11(10-13(18)19)16-12-6-8-17(9-7-12)14(20)21-15(2,3)4;1-2/h11-12,16H,5-10H2,1-4H3,(H,18,19);1-2H3. The number of carbonyl (C=O) groups excluding carboxylic acids is 1. The molecule has 0 saturated carbocycles. The third-order valence-corrected chi connectivity index (χ3v) is 3.53. The van der Waals surface area contributed by atoms with Gasteiger partial charge in [-0.05, 0) is 40.0 Å². The number of likely N-dealkylation sites (tertiary alicyclic amines) is 1. The molecule has 1 rings (SSSR count). The van der Waals surface area contributed by atoms with Crippen LogP contribution in [0, 0.1) is 0 Å². The summed E-state index contributed by atoms with van der Waals surface area (Å²) in [7, 11) is 0. The highest BCUT2D eigenvalue weighted by atomic mass is 16.6. The Labute approximate surface area is 140 Å². The van der Waals surface area contributed by atoms with Crippen LogP contribution in [-0.4, -0.2) is 52.8 Å². The first kappa shape index (κ1) is 21.7. The molecule has 0 bridgehead atoms. The zero-order valence-corrected chi connectivity index (χ0v) is 15.5. The van der Waals surface area contributed by atoms with E-state index in [1.807, 2.05) is 41.5 Å². The zero-order valence-electron chi connectivity index (χ0n) is 15.5. The van der Waals surface area contributed by atoms with Gasteiger partial charge >= 0.3 is 12.1 Å². The van der Waals surface area contributed by atoms with E-state index in [2.05, 4.69) is 5.32 Å². The summed E-state index contributed by atoms with van der Waals surface area (Å²) in [6.07, 6.45) is 2.32. The molecule has 136 valence electrons. The minimum atomic E-state index is -0.777. The van der Waals surface area contributed by atoms with Gasteiger partial charge in [-0.25, -0.2) is 4.79 Å². The summed E-state index contributed by atoms with van der Waals surface area (Å²) >= 11 is 0. The summed E-state index contributed by atoms with van der Waals surface area (Å²) in [4.78, 5) is 24.4. The van der Waals surface area contributed by atoms with Crippen LogP contribution in [0.5, 0.6) is 0 Å². The molecule has 0 aliphatic carbocycles. The van der Waals surface area contributed by atoms with Crippen molar-refractivity contribution in [1.29, 1.82) is 0 Å². The van der Waals surface area contributed by atoms with E-state index in [1.165, 1.54) is 0 Å². The van der Waals surface area contributed by atoms with E-state index < -0.39 is 11.6 Å². The lowest BCUT2D eigenvalue weighted by Gasteiger charge is -2.35. The lowest BCUT2D eigenvalue weighted by molar-refractivity contribution is -0.137. The third-order valence-electron chi connectivity index (χ3n) is 3.53. The molecule has 1 aliphatic heterocycles. The second-order valence-corrected chi connectivity index (χ2v) is 6.61. The molecule has 1 aliphatic rings. The molecule has 1 amide bonds. The first-order valence-corrected chi connectivity index (χ1v) is 8.67. The molecule has 1 atom stereocenters. The Hall–Kier alpha value is -1.30. The van der Waals surface area contributed by atoms with Gasteiger partial charge in [-0.1, -0.05) is 20.8 Å².